The Morgan fingerprint density at radius 3 is 2.69 bits per heavy atom. The van der Waals surface area contributed by atoms with Crippen molar-refractivity contribution in [2.24, 2.45) is 4.99 Å². The first-order chi connectivity index (χ1) is 13.8. The van der Waals surface area contributed by atoms with Crippen molar-refractivity contribution in [1.82, 2.24) is 9.88 Å². The van der Waals surface area contributed by atoms with Crippen molar-refractivity contribution in [2.45, 2.75) is 30.7 Å². The quantitative estimate of drug-likeness (QED) is 0.469. The van der Waals surface area contributed by atoms with E-state index in [1.807, 2.05) is 30.0 Å². The second kappa shape index (κ2) is 7.47. The SMILES string of the molecule is C=NCc1ccc2c3c([nH]c2c1)C(C)(C)c1cc(SCCN(C)C)ccc1C3=O. The maximum Gasteiger partial charge on any atom is 0.195 e. The fourth-order valence-corrected chi connectivity index (χ4v) is 5.18. The van der Waals surface area contributed by atoms with Crippen LogP contribution in [0.1, 0.15) is 46.6 Å². The highest BCUT2D eigenvalue weighted by Crippen LogP contribution is 2.44. The number of H-pyrrole nitrogens is 1. The third kappa shape index (κ3) is 3.43. The Labute approximate surface area is 176 Å². The summed E-state index contributed by atoms with van der Waals surface area (Å²) in [5, 5.41) is 0.987. The van der Waals surface area contributed by atoms with Crippen LogP contribution >= 0.6 is 11.8 Å². The van der Waals surface area contributed by atoms with Crippen LogP contribution in [0.5, 0.6) is 0 Å². The second-order valence-corrected chi connectivity index (χ2v) is 9.62. The van der Waals surface area contributed by atoms with Crippen LogP contribution in [0.2, 0.25) is 0 Å². The molecule has 1 heterocycles. The standard InChI is InChI=1S/C24H27N3OS/c1-24(2)19-13-16(29-11-10-27(4)5)7-9-17(19)22(28)21-18-8-6-15(14-25-3)12-20(18)26-23(21)24/h6-9,12-13,26H,3,10-11,14H2,1-2,4-5H3. The van der Waals surface area contributed by atoms with Gasteiger partial charge in [-0.05, 0) is 56.2 Å². The molecule has 0 aliphatic heterocycles. The predicted octanol–water partition coefficient (Wildman–Crippen LogP) is 4.89. The van der Waals surface area contributed by atoms with Crippen molar-refractivity contribution in [1.29, 1.82) is 0 Å². The van der Waals surface area contributed by atoms with Crippen molar-refractivity contribution in [3.63, 3.8) is 0 Å². The van der Waals surface area contributed by atoms with Gasteiger partial charge in [-0.1, -0.05) is 26.0 Å². The molecular formula is C24H27N3OS. The van der Waals surface area contributed by atoms with Crippen molar-refractivity contribution in [2.75, 3.05) is 26.4 Å². The molecule has 0 spiro atoms. The molecule has 0 radical (unpaired) electrons. The van der Waals surface area contributed by atoms with Crippen LogP contribution in [0.15, 0.2) is 46.3 Å². The van der Waals surface area contributed by atoms with Crippen LogP contribution in [0.3, 0.4) is 0 Å². The fourth-order valence-electron chi connectivity index (χ4n) is 4.12. The Morgan fingerprint density at radius 2 is 1.97 bits per heavy atom. The molecule has 150 valence electrons. The molecule has 0 atom stereocenters. The highest BCUT2D eigenvalue weighted by molar-refractivity contribution is 7.99. The first kappa shape index (κ1) is 19.9. The Hall–Kier alpha value is -2.37. The number of nitrogens with zero attached hydrogens (tertiary/aromatic N) is 2. The number of rotatable bonds is 6. The van der Waals surface area contributed by atoms with E-state index in [0.717, 1.165) is 51.1 Å². The number of aromatic nitrogens is 1. The average molecular weight is 406 g/mol. The van der Waals surface area contributed by atoms with Crippen LogP contribution in [0.25, 0.3) is 10.9 Å². The third-order valence-electron chi connectivity index (χ3n) is 5.73. The molecule has 0 bridgehead atoms. The first-order valence-corrected chi connectivity index (χ1v) is 10.9. The number of thioether (sulfide) groups is 1. The highest BCUT2D eigenvalue weighted by atomic mass is 32.2. The van der Waals surface area contributed by atoms with Crippen LogP contribution in [0.4, 0.5) is 0 Å². The predicted molar refractivity (Wildman–Crippen MR) is 123 cm³/mol. The number of nitrogens with one attached hydrogen (secondary N) is 1. The van der Waals surface area contributed by atoms with Crippen LogP contribution in [-0.2, 0) is 12.0 Å². The molecule has 4 nitrogen and oxygen atoms in total. The highest BCUT2D eigenvalue weighted by Gasteiger charge is 2.39. The van der Waals surface area contributed by atoms with Gasteiger partial charge >= 0.3 is 0 Å². The van der Waals surface area contributed by atoms with Crippen LogP contribution in [0, 0.1) is 0 Å². The number of hydrogen-bond acceptors (Lipinski definition) is 4. The van der Waals surface area contributed by atoms with E-state index in [2.05, 4.69) is 67.7 Å². The molecule has 1 N–H and O–H groups in total. The molecule has 0 amide bonds. The lowest BCUT2D eigenvalue weighted by Crippen LogP contribution is -2.30. The second-order valence-electron chi connectivity index (χ2n) is 8.45. The molecule has 0 fully saturated rings. The molecular weight excluding hydrogens is 378 g/mol. The monoisotopic (exact) mass is 405 g/mol. The zero-order valence-corrected chi connectivity index (χ0v) is 18.3. The minimum absolute atomic E-state index is 0.111. The smallest absolute Gasteiger partial charge is 0.195 e. The lowest BCUT2D eigenvalue weighted by molar-refractivity contribution is 0.103. The van der Waals surface area contributed by atoms with Crippen LogP contribution in [-0.4, -0.2) is 48.8 Å². The normalized spacial score (nSPS) is 14.9. The van der Waals surface area contributed by atoms with Crippen LogP contribution < -0.4 is 0 Å². The summed E-state index contributed by atoms with van der Waals surface area (Å²) in [5.74, 6) is 1.14. The first-order valence-electron chi connectivity index (χ1n) is 9.87. The fraction of sp³-hybridized carbons (Fsp3) is 0.333. The number of aromatic amines is 1. The van der Waals surface area contributed by atoms with Gasteiger partial charge in [0.1, 0.15) is 0 Å². The largest absolute Gasteiger partial charge is 0.357 e. The number of aliphatic imine (C=N–C) groups is 1. The van der Waals surface area contributed by atoms with Gasteiger partial charge in [-0.3, -0.25) is 9.79 Å². The molecule has 5 heteroatoms. The lowest BCUT2D eigenvalue weighted by Gasteiger charge is -2.32. The summed E-state index contributed by atoms with van der Waals surface area (Å²) in [4.78, 5) is 24.4. The number of carbonyl (C=O) groups excluding carboxylic acids is 1. The molecule has 29 heavy (non-hydrogen) atoms. The summed E-state index contributed by atoms with van der Waals surface area (Å²) in [6, 6.07) is 12.4. The van der Waals surface area contributed by atoms with Crippen molar-refractivity contribution in [3.05, 3.63) is 64.3 Å². The molecule has 2 aromatic carbocycles. The van der Waals surface area contributed by atoms with Gasteiger partial charge in [-0.2, -0.15) is 0 Å². The molecule has 0 unspecified atom stereocenters. The van der Waals surface area contributed by atoms with Gasteiger partial charge in [0, 0.05) is 44.8 Å². The Balaban J connectivity index is 1.78. The average Bonchev–Trinajstić information content (AvgIpc) is 3.06. The van der Waals surface area contributed by atoms with Crippen molar-refractivity contribution in [3.8, 4) is 0 Å². The summed E-state index contributed by atoms with van der Waals surface area (Å²) in [6.07, 6.45) is 0. The molecule has 1 aliphatic carbocycles. The summed E-state index contributed by atoms with van der Waals surface area (Å²) in [6.45, 7) is 9.59. The van der Waals surface area contributed by atoms with Gasteiger partial charge in [-0.15, -0.1) is 11.8 Å². The Morgan fingerprint density at radius 1 is 1.17 bits per heavy atom. The Kier molecular flexibility index (Phi) is 5.13. The zero-order chi connectivity index (χ0) is 20.8. The Bertz CT molecular complexity index is 1110. The van der Waals surface area contributed by atoms with Gasteiger partial charge < -0.3 is 9.88 Å². The molecule has 3 aromatic rings. The number of hydrogen-bond donors (Lipinski definition) is 1. The van der Waals surface area contributed by atoms with E-state index in [1.54, 1.807) is 0 Å². The number of benzene rings is 2. The third-order valence-corrected chi connectivity index (χ3v) is 6.70. The van der Waals surface area contributed by atoms with Crippen molar-refractivity contribution < 1.29 is 4.79 Å². The van der Waals surface area contributed by atoms with Crippen molar-refractivity contribution >= 4 is 35.2 Å². The van der Waals surface area contributed by atoms with Gasteiger partial charge in [0.25, 0.3) is 0 Å². The van der Waals surface area contributed by atoms with Gasteiger partial charge in [-0.25, -0.2) is 0 Å². The molecule has 4 rings (SSSR count). The number of fused-ring (bicyclic) bond motifs is 4. The minimum atomic E-state index is -0.271. The van der Waals surface area contributed by atoms with Gasteiger partial charge in [0.05, 0.1) is 12.1 Å². The maximum absolute atomic E-state index is 13.4. The van der Waals surface area contributed by atoms with E-state index in [0.29, 0.717) is 6.54 Å². The lowest BCUT2D eigenvalue weighted by atomic mass is 9.71. The van der Waals surface area contributed by atoms with E-state index >= 15 is 0 Å². The van der Waals surface area contributed by atoms with Gasteiger partial charge in [0.2, 0.25) is 0 Å². The minimum Gasteiger partial charge on any atom is -0.357 e. The topological polar surface area (TPSA) is 48.5 Å². The zero-order valence-electron chi connectivity index (χ0n) is 17.5. The van der Waals surface area contributed by atoms with E-state index in [1.165, 1.54) is 4.90 Å². The number of ketones is 1. The van der Waals surface area contributed by atoms with E-state index in [4.69, 9.17) is 0 Å². The molecule has 0 saturated heterocycles. The summed E-state index contributed by atoms with van der Waals surface area (Å²) < 4.78 is 0. The van der Waals surface area contributed by atoms with E-state index < -0.39 is 0 Å². The molecule has 1 aliphatic rings. The van der Waals surface area contributed by atoms with E-state index in [9.17, 15) is 4.79 Å². The molecule has 0 saturated carbocycles. The summed E-state index contributed by atoms with van der Waals surface area (Å²) in [5.41, 5.74) is 5.54. The maximum atomic E-state index is 13.4. The van der Waals surface area contributed by atoms with Gasteiger partial charge in [0.15, 0.2) is 5.78 Å². The summed E-state index contributed by atoms with van der Waals surface area (Å²) >= 11 is 1.84. The summed E-state index contributed by atoms with van der Waals surface area (Å²) in [7, 11) is 4.17. The number of carbonyl (C=O) groups is 1. The van der Waals surface area contributed by atoms with E-state index in [-0.39, 0.29) is 11.2 Å². The molecule has 1 aromatic heterocycles.